The van der Waals surface area contributed by atoms with Crippen LogP contribution in [0.15, 0.2) is 249 Å². The van der Waals surface area contributed by atoms with Crippen LogP contribution in [0.25, 0.3) is 77.5 Å². The summed E-state index contributed by atoms with van der Waals surface area (Å²) in [5.41, 5.74) is 8.28. The Bertz CT molecular complexity index is 3440. The summed E-state index contributed by atoms with van der Waals surface area (Å²) in [4.78, 5) is 1.41. The van der Waals surface area contributed by atoms with Crippen molar-refractivity contribution < 1.29 is 11.0 Å². The van der Waals surface area contributed by atoms with Gasteiger partial charge in [0.2, 0.25) is 0 Å². The SMILES string of the molecule is [2H]c1c([2H])c(N(c2ccccc2-c2ccccc2-c2ccccc2-c2ccccc2)c2c([2H])c([2H])c(-c3cccc4ccccc34)c([2H])c2[2H])c([2H])c([2H])c1-c1ccc(-c2ccccc2)cc1. The van der Waals surface area contributed by atoms with E-state index in [0.29, 0.717) is 22.4 Å². The Labute approximate surface area is 358 Å². The van der Waals surface area contributed by atoms with Crippen LogP contribution in [0, 0.1) is 0 Å². The van der Waals surface area contributed by atoms with Crippen LogP contribution in [0.1, 0.15) is 11.0 Å². The van der Waals surface area contributed by atoms with Crippen molar-refractivity contribution in [1.82, 2.24) is 0 Å². The molecule has 59 heavy (non-hydrogen) atoms. The molecule has 0 bridgehead atoms. The van der Waals surface area contributed by atoms with Gasteiger partial charge in [0.25, 0.3) is 0 Å². The number of para-hydroxylation sites is 1. The average molecular weight is 760 g/mol. The molecule has 0 aliphatic rings. The van der Waals surface area contributed by atoms with Gasteiger partial charge in [-0.1, -0.05) is 218 Å². The molecule has 10 aromatic carbocycles. The van der Waals surface area contributed by atoms with E-state index in [0.717, 1.165) is 49.7 Å². The maximum absolute atomic E-state index is 9.80. The van der Waals surface area contributed by atoms with E-state index in [1.807, 2.05) is 146 Å². The molecule has 10 rings (SSSR count). The Kier molecular flexibility index (Phi) is 7.54. The Hall–Kier alpha value is -7.74. The maximum atomic E-state index is 9.80. The van der Waals surface area contributed by atoms with E-state index in [1.165, 1.54) is 4.90 Å². The summed E-state index contributed by atoms with van der Waals surface area (Å²) >= 11 is 0. The molecular weight excluding hydrogens is 711 g/mol. The van der Waals surface area contributed by atoms with Crippen LogP contribution in [0.5, 0.6) is 0 Å². The molecule has 0 fully saturated rings. The first-order chi connectivity index (χ1) is 32.6. The highest BCUT2D eigenvalue weighted by molar-refractivity contribution is 5.99. The number of rotatable bonds is 9. The normalized spacial score (nSPS) is 12.9. The van der Waals surface area contributed by atoms with Gasteiger partial charge in [-0.25, -0.2) is 0 Å². The molecule has 0 amide bonds. The first-order valence-electron chi connectivity index (χ1n) is 23.6. The highest BCUT2D eigenvalue weighted by Gasteiger charge is 2.20. The molecule has 1 nitrogen and oxygen atoms in total. The summed E-state index contributed by atoms with van der Waals surface area (Å²) in [6.07, 6.45) is 0. The molecule has 0 N–H and O–H groups in total. The van der Waals surface area contributed by atoms with Gasteiger partial charge in [0.1, 0.15) is 0 Å². The summed E-state index contributed by atoms with van der Waals surface area (Å²) in [5.74, 6) is 0. The van der Waals surface area contributed by atoms with E-state index in [-0.39, 0.29) is 46.7 Å². The summed E-state index contributed by atoms with van der Waals surface area (Å²) in [6, 6.07) is 60.9. The lowest BCUT2D eigenvalue weighted by atomic mass is 9.88. The molecule has 0 aliphatic heterocycles. The van der Waals surface area contributed by atoms with Crippen molar-refractivity contribution in [1.29, 1.82) is 0 Å². The number of hydrogen-bond acceptors (Lipinski definition) is 1. The Balaban J connectivity index is 1.24. The first kappa shape index (κ1) is 27.8. The molecule has 10 aromatic rings. The van der Waals surface area contributed by atoms with Gasteiger partial charge in [-0.05, 0) is 102 Å². The molecule has 278 valence electrons. The van der Waals surface area contributed by atoms with E-state index in [2.05, 4.69) is 24.3 Å². The van der Waals surface area contributed by atoms with Gasteiger partial charge in [0.05, 0.1) is 16.7 Å². The van der Waals surface area contributed by atoms with Crippen molar-refractivity contribution >= 4 is 27.8 Å². The van der Waals surface area contributed by atoms with Crippen molar-refractivity contribution in [3.05, 3.63) is 249 Å². The standard InChI is InChI=1S/C58H41N/c1-3-16-42(17-4-1)43-30-32-44(33-31-43)45-34-38-49(39-35-45)59(50-40-36-48(37-41-50)52-28-15-21-47-20-7-8-22-51(47)52)58-29-14-13-27-57(58)56-26-12-11-25-55(56)54-24-10-9-23-53(54)46-18-5-2-6-19-46/h1-41H/i34D,35D,36D,37D,38D,39D,40D,41D. The second-order valence-electron chi connectivity index (χ2n) is 14.2. The third-order valence-electron chi connectivity index (χ3n) is 10.7. The van der Waals surface area contributed by atoms with Crippen LogP contribution in [0.3, 0.4) is 0 Å². The number of fused-ring (bicyclic) bond motifs is 1. The van der Waals surface area contributed by atoms with E-state index < -0.39 is 24.2 Å². The Morgan fingerprint density at radius 1 is 0.254 bits per heavy atom. The van der Waals surface area contributed by atoms with Gasteiger partial charge in [0.15, 0.2) is 0 Å². The molecule has 0 radical (unpaired) electrons. The Morgan fingerprint density at radius 3 is 1.31 bits per heavy atom. The first-order valence-corrected chi connectivity index (χ1v) is 19.6. The molecule has 0 heterocycles. The lowest BCUT2D eigenvalue weighted by molar-refractivity contribution is 1.28. The summed E-state index contributed by atoms with van der Waals surface area (Å²) < 4.78 is 77.5. The molecule has 1 heteroatoms. The topological polar surface area (TPSA) is 3.24 Å². The summed E-state index contributed by atoms with van der Waals surface area (Å²) in [6.45, 7) is 0. The third-order valence-corrected chi connectivity index (χ3v) is 10.7. The van der Waals surface area contributed by atoms with E-state index in [4.69, 9.17) is 0 Å². The van der Waals surface area contributed by atoms with Gasteiger partial charge < -0.3 is 4.90 Å². The lowest BCUT2D eigenvalue weighted by Gasteiger charge is -2.29. The fraction of sp³-hybridized carbons (Fsp3) is 0. The molecule has 0 unspecified atom stereocenters. The number of benzene rings is 10. The zero-order valence-corrected chi connectivity index (χ0v) is 32.0. The van der Waals surface area contributed by atoms with E-state index >= 15 is 0 Å². The van der Waals surface area contributed by atoms with Crippen LogP contribution in [-0.4, -0.2) is 0 Å². The quantitative estimate of drug-likeness (QED) is 0.142. The monoisotopic (exact) mass is 759 g/mol. The predicted octanol–water partition coefficient (Wildman–Crippen LogP) is 16.3. The fourth-order valence-corrected chi connectivity index (χ4v) is 7.81. The second-order valence-corrected chi connectivity index (χ2v) is 14.2. The van der Waals surface area contributed by atoms with Gasteiger partial charge in [0, 0.05) is 16.9 Å². The number of hydrogen-bond donors (Lipinski definition) is 0. The third kappa shape index (κ3) is 7.12. The van der Waals surface area contributed by atoms with Crippen LogP contribution in [0.4, 0.5) is 17.1 Å². The molecule has 0 spiro atoms. The molecule has 0 aromatic heterocycles. The molecule has 0 aliphatic carbocycles. The zero-order chi connectivity index (χ0) is 46.3. The van der Waals surface area contributed by atoms with Crippen molar-refractivity contribution in [2.24, 2.45) is 0 Å². The smallest absolute Gasteiger partial charge is 0.0645 e. The van der Waals surface area contributed by atoms with Crippen molar-refractivity contribution in [3.8, 4) is 66.8 Å². The molecule has 0 saturated carbocycles. The predicted molar refractivity (Wildman–Crippen MR) is 251 cm³/mol. The van der Waals surface area contributed by atoms with Crippen LogP contribution < -0.4 is 4.90 Å². The van der Waals surface area contributed by atoms with Gasteiger partial charge >= 0.3 is 0 Å². The Morgan fingerprint density at radius 2 is 0.661 bits per heavy atom. The zero-order valence-electron chi connectivity index (χ0n) is 40.0. The number of anilines is 3. The van der Waals surface area contributed by atoms with E-state index in [1.54, 1.807) is 30.3 Å². The highest BCUT2D eigenvalue weighted by atomic mass is 15.1. The van der Waals surface area contributed by atoms with Gasteiger partial charge in [-0.15, -0.1) is 0 Å². The molecular formula is C58H41N. The maximum Gasteiger partial charge on any atom is 0.0645 e. The van der Waals surface area contributed by atoms with Gasteiger partial charge in [-0.3, -0.25) is 0 Å². The van der Waals surface area contributed by atoms with Crippen LogP contribution >= 0.6 is 0 Å². The summed E-state index contributed by atoms with van der Waals surface area (Å²) in [5, 5.41) is 1.64. The second kappa shape index (κ2) is 16.0. The minimum atomic E-state index is -0.407. The molecule has 0 saturated heterocycles. The minimum absolute atomic E-state index is 0.0975. The van der Waals surface area contributed by atoms with Crippen molar-refractivity contribution in [2.75, 3.05) is 4.90 Å². The lowest BCUT2D eigenvalue weighted by Crippen LogP contribution is -2.11. The fourth-order valence-electron chi connectivity index (χ4n) is 7.81. The largest absolute Gasteiger partial charge is 0.310 e. The number of nitrogens with zero attached hydrogens (tertiary/aromatic N) is 1. The molecule has 0 atom stereocenters. The van der Waals surface area contributed by atoms with Gasteiger partial charge in [-0.2, -0.15) is 0 Å². The van der Waals surface area contributed by atoms with E-state index in [9.17, 15) is 11.0 Å². The highest BCUT2D eigenvalue weighted by Crippen LogP contribution is 2.46. The minimum Gasteiger partial charge on any atom is -0.310 e. The summed E-state index contributed by atoms with van der Waals surface area (Å²) in [7, 11) is 0. The van der Waals surface area contributed by atoms with Crippen LogP contribution in [-0.2, 0) is 0 Å². The van der Waals surface area contributed by atoms with Crippen molar-refractivity contribution in [3.63, 3.8) is 0 Å². The van der Waals surface area contributed by atoms with Crippen LogP contribution in [0.2, 0.25) is 0 Å². The van der Waals surface area contributed by atoms with Crippen molar-refractivity contribution in [2.45, 2.75) is 0 Å². The average Bonchev–Trinajstić information content (AvgIpc) is 3.38.